The minimum Gasteiger partial charge on any atom is -0.401 e. The van der Waals surface area contributed by atoms with Crippen molar-refractivity contribution in [1.82, 2.24) is 0 Å². The van der Waals surface area contributed by atoms with Gasteiger partial charge in [0.1, 0.15) is 19.0 Å². The number of epoxide rings is 1. The molecule has 3 aromatic carbocycles. The van der Waals surface area contributed by atoms with Crippen LogP contribution in [0.2, 0.25) is 30.7 Å². The number of allylic oxidation sites excluding steroid dienone is 2. The van der Waals surface area contributed by atoms with Crippen molar-refractivity contribution < 1.29 is 18.6 Å². The topological polar surface area (TPSA) is 40.2 Å². The molecule has 0 aromatic heterocycles. The second-order valence-corrected chi connectivity index (χ2v) is 24.2. The molecule has 3 aromatic rings. The quantitative estimate of drug-likeness (QED) is 0.0486. The Balaban J connectivity index is 1.48. The lowest BCUT2D eigenvalue weighted by atomic mass is 10.0. The monoisotopic (exact) mass is 642 g/mol. The number of ether oxygens (including phenoxy) is 3. The van der Waals surface area contributed by atoms with E-state index in [0.29, 0.717) is 6.79 Å². The van der Waals surface area contributed by atoms with Crippen molar-refractivity contribution in [3.05, 3.63) is 121 Å². The summed E-state index contributed by atoms with van der Waals surface area (Å²) in [5, 5.41) is 2.47. The highest BCUT2D eigenvalue weighted by molar-refractivity contribution is 6.99. The van der Waals surface area contributed by atoms with Gasteiger partial charge in [-0.15, -0.1) is 0 Å². The number of rotatable bonds is 17. The molecular formula is C39H54O4Si2. The first-order valence-electron chi connectivity index (χ1n) is 16.5. The zero-order valence-electron chi connectivity index (χ0n) is 28.4. The van der Waals surface area contributed by atoms with Crippen molar-refractivity contribution in [3.63, 3.8) is 0 Å². The smallest absolute Gasteiger partial charge is 0.261 e. The molecular weight excluding hydrogens is 589 g/mol. The van der Waals surface area contributed by atoms with Crippen molar-refractivity contribution in [1.29, 1.82) is 0 Å². The Labute approximate surface area is 274 Å². The van der Waals surface area contributed by atoms with Crippen LogP contribution in [0.4, 0.5) is 0 Å². The van der Waals surface area contributed by atoms with E-state index in [-0.39, 0.29) is 29.5 Å². The minimum atomic E-state index is -2.74. The molecule has 2 unspecified atom stereocenters. The van der Waals surface area contributed by atoms with Gasteiger partial charge in [0, 0.05) is 14.7 Å². The molecule has 1 aliphatic heterocycles. The SMILES string of the molecule is C[C@H](/C=C\C/C=C/C[C@@H](O[Si](c1ccccc1)(c1ccccc1)C(C)(C)C)C1OC1c1ccccc1)OCOCC[Si](C)(C)C. The van der Waals surface area contributed by atoms with E-state index in [1.807, 2.05) is 0 Å². The van der Waals surface area contributed by atoms with Gasteiger partial charge in [0.05, 0.1) is 12.2 Å². The maximum atomic E-state index is 7.59. The van der Waals surface area contributed by atoms with E-state index in [2.05, 4.69) is 163 Å². The van der Waals surface area contributed by atoms with Gasteiger partial charge >= 0.3 is 0 Å². The fourth-order valence-electron chi connectivity index (χ4n) is 5.81. The molecule has 1 heterocycles. The van der Waals surface area contributed by atoms with E-state index >= 15 is 0 Å². The van der Waals surface area contributed by atoms with Crippen LogP contribution in [0, 0.1) is 0 Å². The normalized spacial score (nSPS) is 18.8. The largest absolute Gasteiger partial charge is 0.401 e. The predicted molar refractivity (Wildman–Crippen MR) is 194 cm³/mol. The van der Waals surface area contributed by atoms with Crippen LogP contribution in [-0.2, 0) is 18.6 Å². The summed E-state index contributed by atoms with van der Waals surface area (Å²) in [6.45, 7) is 17.3. The van der Waals surface area contributed by atoms with Crippen molar-refractivity contribution in [3.8, 4) is 0 Å². The molecule has 4 nitrogen and oxygen atoms in total. The summed E-state index contributed by atoms with van der Waals surface area (Å²) < 4.78 is 25.5. The van der Waals surface area contributed by atoms with Crippen molar-refractivity contribution in [2.75, 3.05) is 13.4 Å². The average molecular weight is 643 g/mol. The van der Waals surface area contributed by atoms with Crippen LogP contribution in [0.5, 0.6) is 0 Å². The summed E-state index contributed by atoms with van der Waals surface area (Å²) in [5.74, 6) is 0. The maximum absolute atomic E-state index is 7.59. The van der Waals surface area contributed by atoms with Crippen molar-refractivity contribution >= 4 is 26.8 Å². The first kappa shape index (κ1) is 35.3. The van der Waals surface area contributed by atoms with Gasteiger partial charge in [-0.05, 0) is 46.8 Å². The van der Waals surface area contributed by atoms with E-state index in [9.17, 15) is 0 Å². The molecule has 0 saturated carbocycles. The zero-order chi connectivity index (χ0) is 32.3. The molecule has 1 fully saturated rings. The Morgan fingerprint density at radius 1 is 0.800 bits per heavy atom. The van der Waals surface area contributed by atoms with Gasteiger partial charge in [0.15, 0.2) is 0 Å². The lowest BCUT2D eigenvalue weighted by molar-refractivity contribution is -0.0665. The molecule has 0 bridgehead atoms. The molecule has 4 rings (SSSR count). The molecule has 0 radical (unpaired) electrons. The predicted octanol–water partition coefficient (Wildman–Crippen LogP) is 8.68. The van der Waals surface area contributed by atoms with Gasteiger partial charge in [0.25, 0.3) is 8.32 Å². The van der Waals surface area contributed by atoms with Crippen LogP contribution in [0.3, 0.4) is 0 Å². The summed E-state index contributed by atoms with van der Waals surface area (Å²) in [6.07, 6.45) is 10.4. The standard InChI is InChI=1S/C39H54O4Si2/c1-32(41-31-40-29-30-44(5,6)7)21-13-8-9-20-28-36(38-37(42-38)33-22-14-10-15-23-33)43-45(39(2,3)4,34-24-16-11-17-25-34)35-26-18-12-19-27-35/h9-27,32,36-38H,8,28-31H2,1-7H3/b20-9+,21-13-/t32-,36-,37?,38?/m1/s1. The number of hydrogen-bond donors (Lipinski definition) is 0. The Hall–Kier alpha value is -2.59. The van der Waals surface area contributed by atoms with E-state index in [4.69, 9.17) is 18.6 Å². The van der Waals surface area contributed by atoms with Gasteiger partial charge in [0.2, 0.25) is 0 Å². The van der Waals surface area contributed by atoms with Gasteiger partial charge in [-0.1, -0.05) is 156 Å². The highest BCUT2D eigenvalue weighted by atomic mass is 28.4. The average Bonchev–Trinajstić information content (AvgIpc) is 3.81. The van der Waals surface area contributed by atoms with Gasteiger partial charge < -0.3 is 18.6 Å². The van der Waals surface area contributed by atoms with E-state index < -0.39 is 16.4 Å². The molecule has 242 valence electrons. The molecule has 0 N–H and O–H groups in total. The van der Waals surface area contributed by atoms with E-state index in [1.54, 1.807) is 0 Å². The second kappa shape index (κ2) is 16.3. The molecule has 0 spiro atoms. The number of benzene rings is 3. The van der Waals surface area contributed by atoms with Gasteiger partial charge in [-0.3, -0.25) is 0 Å². The Morgan fingerprint density at radius 2 is 1.38 bits per heavy atom. The third-order valence-corrected chi connectivity index (χ3v) is 15.2. The minimum absolute atomic E-state index is 0.00335. The fourth-order valence-corrected chi connectivity index (χ4v) is 11.3. The highest BCUT2D eigenvalue weighted by Gasteiger charge is 2.55. The molecule has 4 atom stereocenters. The van der Waals surface area contributed by atoms with Crippen LogP contribution in [0.25, 0.3) is 0 Å². The van der Waals surface area contributed by atoms with Crippen LogP contribution in [0.1, 0.15) is 52.2 Å². The lowest BCUT2D eigenvalue weighted by Crippen LogP contribution is -2.68. The Bertz CT molecular complexity index is 1290. The molecule has 0 aliphatic carbocycles. The number of hydrogen-bond acceptors (Lipinski definition) is 4. The Morgan fingerprint density at radius 3 is 1.93 bits per heavy atom. The van der Waals surface area contributed by atoms with Crippen molar-refractivity contribution in [2.45, 2.75) is 95.7 Å². The molecule has 0 amide bonds. The van der Waals surface area contributed by atoms with Gasteiger partial charge in [-0.2, -0.15) is 0 Å². The highest BCUT2D eigenvalue weighted by Crippen LogP contribution is 2.46. The molecule has 6 heteroatoms. The van der Waals surface area contributed by atoms with Crippen molar-refractivity contribution in [2.24, 2.45) is 0 Å². The van der Waals surface area contributed by atoms with Crippen LogP contribution in [-0.4, -0.2) is 48.1 Å². The third kappa shape index (κ3) is 10.2. The molecule has 1 saturated heterocycles. The maximum Gasteiger partial charge on any atom is 0.261 e. The Kier molecular flexibility index (Phi) is 12.8. The third-order valence-electron chi connectivity index (χ3n) is 8.39. The fraction of sp³-hybridized carbons (Fsp3) is 0.436. The summed E-state index contributed by atoms with van der Waals surface area (Å²) >= 11 is 0. The van der Waals surface area contributed by atoms with Crippen LogP contribution >= 0.6 is 0 Å². The summed E-state index contributed by atoms with van der Waals surface area (Å²) in [4.78, 5) is 0. The molecule has 45 heavy (non-hydrogen) atoms. The van der Waals surface area contributed by atoms with Gasteiger partial charge in [-0.25, -0.2) is 0 Å². The first-order chi connectivity index (χ1) is 21.5. The molecule has 1 aliphatic rings. The first-order valence-corrected chi connectivity index (χ1v) is 22.1. The van der Waals surface area contributed by atoms with Crippen LogP contribution < -0.4 is 10.4 Å². The van der Waals surface area contributed by atoms with E-state index in [1.165, 1.54) is 15.9 Å². The van der Waals surface area contributed by atoms with Crippen LogP contribution in [0.15, 0.2) is 115 Å². The lowest BCUT2D eigenvalue weighted by Gasteiger charge is -2.45. The summed E-state index contributed by atoms with van der Waals surface area (Å²) in [5.41, 5.74) is 1.21. The summed E-state index contributed by atoms with van der Waals surface area (Å²) in [6, 6.07) is 33.5. The second-order valence-electron chi connectivity index (χ2n) is 14.3. The summed E-state index contributed by atoms with van der Waals surface area (Å²) in [7, 11) is -3.82. The van der Waals surface area contributed by atoms with E-state index in [0.717, 1.165) is 25.5 Å². The zero-order valence-corrected chi connectivity index (χ0v) is 30.4.